The van der Waals surface area contributed by atoms with Crippen LogP contribution in [-0.4, -0.2) is 23.8 Å². The molecule has 1 aliphatic carbocycles. The molecule has 178 valence electrons. The number of hydrogen-bond acceptors (Lipinski definition) is 4. The average Bonchev–Trinajstić information content (AvgIpc) is 3.37. The second kappa shape index (κ2) is 9.50. The number of nitrogens with one attached hydrogen (secondary N) is 2. The first-order chi connectivity index (χ1) is 16.1. The Morgan fingerprint density at radius 2 is 1.71 bits per heavy atom. The number of hydrogen-bond donors (Lipinski definition) is 2. The van der Waals surface area contributed by atoms with Crippen LogP contribution in [0.25, 0.3) is 0 Å². The van der Waals surface area contributed by atoms with Gasteiger partial charge in [0.05, 0.1) is 17.7 Å². The van der Waals surface area contributed by atoms with Gasteiger partial charge in [-0.1, -0.05) is 42.6 Å². The third-order valence-corrected chi connectivity index (χ3v) is 6.12. The molecule has 2 aromatic rings. The highest BCUT2D eigenvalue weighted by Gasteiger charge is 2.40. The van der Waals surface area contributed by atoms with E-state index in [4.69, 9.17) is 11.6 Å². The van der Waals surface area contributed by atoms with Gasteiger partial charge in [0, 0.05) is 11.7 Å². The minimum atomic E-state index is -4.63. The molecule has 0 atom stereocenters. The summed E-state index contributed by atoms with van der Waals surface area (Å²) in [6.45, 7) is 0. The van der Waals surface area contributed by atoms with Crippen molar-refractivity contribution in [3.8, 4) is 0 Å². The van der Waals surface area contributed by atoms with Crippen LogP contribution in [0.4, 0.5) is 24.5 Å². The fourth-order valence-electron chi connectivity index (χ4n) is 4.05. The van der Waals surface area contributed by atoms with Gasteiger partial charge < -0.3 is 10.6 Å². The summed E-state index contributed by atoms with van der Waals surface area (Å²) in [4.78, 5) is 38.2. The molecular weight excluding hydrogens is 471 g/mol. The summed E-state index contributed by atoms with van der Waals surface area (Å²) in [5.41, 5.74) is -0.268. The zero-order valence-electron chi connectivity index (χ0n) is 17.9. The third kappa shape index (κ3) is 5.09. The number of amides is 3. The van der Waals surface area contributed by atoms with E-state index in [1.165, 1.54) is 6.07 Å². The Hall–Kier alpha value is -3.33. The van der Waals surface area contributed by atoms with Crippen molar-refractivity contribution in [3.63, 3.8) is 0 Å². The second-order valence-corrected chi connectivity index (χ2v) is 8.61. The number of carbonyl (C=O) groups is 3. The number of halogens is 4. The van der Waals surface area contributed by atoms with Crippen molar-refractivity contribution in [2.75, 3.05) is 10.2 Å². The smallest absolute Gasteiger partial charge is 0.353 e. The summed E-state index contributed by atoms with van der Waals surface area (Å²) in [5, 5.41) is 5.35. The van der Waals surface area contributed by atoms with Crippen molar-refractivity contribution in [2.24, 2.45) is 0 Å². The Labute approximate surface area is 198 Å². The minimum absolute atomic E-state index is 0.0633. The molecule has 0 saturated heterocycles. The van der Waals surface area contributed by atoms with Crippen LogP contribution in [0.1, 0.15) is 36.8 Å². The molecule has 2 N–H and O–H groups in total. The summed E-state index contributed by atoms with van der Waals surface area (Å²) in [7, 11) is 0. The molecule has 0 aromatic heterocycles. The van der Waals surface area contributed by atoms with Gasteiger partial charge in [-0.3, -0.25) is 14.4 Å². The fourth-order valence-corrected chi connectivity index (χ4v) is 4.26. The molecule has 4 rings (SSSR count). The maximum absolute atomic E-state index is 13.0. The molecule has 1 saturated carbocycles. The second-order valence-electron chi connectivity index (χ2n) is 8.23. The molecule has 3 amide bonds. The van der Waals surface area contributed by atoms with Gasteiger partial charge in [0.25, 0.3) is 11.8 Å². The highest BCUT2D eigenvalue weighted by Crippen LogP contribution is 2.35. The number of nitrogens with zero attached hydrogens (tertiary/aromatic N) is 1. The van der Waals surface area contributed by atoms with Crippen molar-refractivity contribution in [1.82, 2.24) is 5.32 Å². The lowest BCUT2D eigenvalue weighted by molar-refractivity contribution is -0.137. The van der Waals surface area contributed by atoms with E-state index in [-0.39, 0.29) is 29.8 Å². The standard InChI is InChI=1S/C24H21ClF3N3O3/c25-20-21(23(34)31(22(20)33)18-7-3-4-15(13-18)24(26,27)28)30-17-10-8-14(9-11-17)12-19(32)29-16-5-1-2-6-16/h3-4,7-11,13,16,30H,1-2,5-6,12H2,(H,29,32). The van der Waals surface area contributed by atoms with Crippen molar-refractivity contribution in [1.29, 1.82) is 0 Å². The molecule has 6 nitrogen and oxygen atoms in total. The number of anilines is 2. The fraction of sp³-hybridized carbons (Fsp3) is 0.292. The Balaban J connectivity index is 1.44. The maximum atomic E-state index is 13.0. The van der Waals surface area contributed by atoms with Gasteiger partial charge in [-0.25, -0.2) is 4.90 Å². The molecule has 0 unspecified atom stereocenters. The van der Waals surface area contributed by atoms with Crippen LogP contribution in [0, 0.1) is 0 Å². The lowest BCUT2D eigenvalue weighted by Crippen LogP contribution is -2.33. The van der Waals surface area contributed by atoms with E-state index in [0.29, 0.717) is 16.7 Å². The van der Waals surface area contributed by atoms with E-state index in [2.05, 4.69) is 10.6 Å². The Morgan fingerprint density at radius 1 is 1.03 bits per heavy atom. The van der Waals surface area contributed by atoms with Crippen LogP contribution >= 0.6 is 11.6 Å². The van der Waals surface area contributed by atoms with Crippen molar-refractivity contribution >= 4 is 40.7 Å². The highest BCUT2D eigenvalue weighted by molar-refractivity contribution is 6.53. The van der Waals surface area contributed by atoms with E-state index in [1.54, 1.807) is 24.3 Å². The lowest BCUT2D eigenvalue weighted by Gasteiger charge is -2.17. The van der Waals surface area contributed by atoms with E-state index in [9.17, 15) is 27.6 Å². The Kier molecular flexibility index (Phi) is 6.65. The highest BCUT2D eigenvalue weighted by atomic mass is 35.5. The molecule has 0 bridgehead atoms. The Morgan fingerprint density at radius 3 is 2.35 bits per heavy atom. The Bertz CT molecular complexity index is 1160. The summed E-state index contributed by atoms with van der Waals surface area (Å²) in [6.07, 6.45) is -0.188. The van der Waals surface area contributed by atoms with Gasteiger partial charge in [0.15, 0.2) is 0 Å². The number of benzene rings is 2. The first-order valence-electron chi connectivity index (χ1n) is 10.7. The normalized spacial score (nSPS) is 17.0. The monoisotopic (exact) mass is 491 g/mol. The van der Waals surface area contributed by atoms with Crippen molar-refractivity contribution < 1.29 is 27.6 Å². The van der Waals surface area contributed by atoms with Gasteiger partial charge in [0.1, 0.15) is 10.7 Å². The number of rotatable bonds is 6. The van der Waals surface area contributed by atoms with Crippen LogP contribution in [0.3, 0.4) is 0 Å². The molecule has 1 heterocycles. The number of alkyl halides is 3. The van der Waals surface area contributed by atoms with Crippen LogP contribution in [0.5, 0.6) is 0 Å². The molecule has 1 aliphatic heterocycles. The topological polar surface area (TPSA) is 78.5 Å². The molecule has 1 fully saturated rings. The van der Waals surface area contributed by atoms with Crippen molar-refractivity contribution in [2.45, 2.75) is 44.3 Å². The van der Waals surface area contributed by atoms with Gasteiger partial charge in [-0.15, -0.1) is 0 Å². The molecular formula is C24H21ClF3N3O3. The molecule has 0 spiro atoms. The predicted octanol–water partition coefficient (Wildman–Crippen LogP) is 4.74. The quantitative estimate of drug-likeness (QED) is 0.572. The van der Waals surface area contributed by atoms with E-state index in [1.807, 2.05) is 0 Å². The number of carbonyl (C=O) groups excluding carboxylic acids is 3. The SMILES string of the molecule is O=C(Cc1ccc(NC2=C(Cl)C(=O)N(c3cccc(C(F)(F)F)c3)C2=O)cc1)NC1CCCC1. The molecule has 2 aromatic carbocycles. The van der Waals surface area contributed by atoms with Crippen LogP contribution in [0.15, 0.2) is 59.3 Å². The van der Waals surface area contributed by atoms with Gasteiger partial charge in [-0.05, 0) is 48.7 Å². The molecule has 2 aliphatic rings. The zero-order chi connectivity index (χ0) is 24.5. The number of imide groups is 1. The summed E-state index contributed by atoms with van der Waals surface area (Å²) >= 11 is 6.06. The van der Waals surface area contributed by atoms with Gasteiger partial charge in [-0.2, -0.15) is 13.2 Å². The lowest BCUT2D eigenvalue weighted by atomic mass is 10.1. The van der Waals surface area contributed by atoms with Crippen molar-refractivity contribution in [3.05, 3.63) is 70.4 Å². The summed E-state index contributed by atoms with van der Waals surface area (Å²) < 4.78 is 39.1. The third-order valence-electron chi connectivity index (χ3n) is 5.77. The van der Waals surface area contributed by atoms with E-state index < -0.39 is 28.6 Å². The predicted molar refractivity (Wildman–Crippen MR) is 121 cm³/mol. The van der Waals surface area contributed by atoms with E-state index >= 15 is 0 Å². The largest absolute Gasteiger partial charge is 0.416 e. The van der Waals surface area contributed by atoms with Gasteiger partial charge >= 0.3 is 6.18 Å². The minimum Gasteiger partial charge on any atom is -0.353 e. The zero-order valence-corrected chi connectivity index (χ0v) is 18.7. The van der Waals surface area contributed by atoms with Crippen LogP contribution in [0.2, 0.25) is 0 Å². The molecule has 34 heavy (non-hydrogen) atoms. The van der Waals surface area contributed by atoms with Crippen LogP contribution in [-0.2, 0) is 27.0 Å². The van der Waals surface area contributed by atoms with Crippen LogP contribution < -0.4 is 15.5 Å². The first-order valence-corrected chi connectivity index (χ1v) is 11.1. The maximum Gasteiger partial charge on any atom is 0.416 e. The first kappa shape index (κ1) is 23.8. The van der Waals surface area contributed by atoms with E-state index in [0.717, 1.165) is 43.4 Å². The van der Waals surface area contributed by atoms with Gasteiger partial charge in [0.2, 0.25) is 5.91 Å². The summed E-state index contributed by atoms with van der Waals surface area (Å²) in [6, 6.07) is 10.8. The molecule has 10 heteroatoms. The summed E-state index contributed by atoms with van der Waals surface area (Å²) in [5.74, 6) is -1.85. The molecule has 0 radical (unpaired) electrons. The average molecular weight is 492 g/mol.